The average molecular weight is 139 g/mol. The van der Waals surface area contributed by atoms with Crippen LogP contribution >= 0.6 is 0 Å². The molecule has 2 nitrogen and oxygen atoms in total. The predicted octanol–water partition coefficient (Wildman–Crippen LogP) is 0.972. The van der Waals surface area contributed by atoms with Gasteiger partial charge in [-0.3, -0.25) is 0 Å². The van der Waals surface area contributed by atoms with E-state index < -0.39 is 0 Å². The Kier molecular flexibility index (Phi) is 0.968. The molecule has 1 radical (unpaired) electrons. The summed E-state index contributed by atoms with van der Waals surface area (Å²) >= 11 is 0. The summed E-state index contributed by atoms with van der Waals surface area (Å²) in [4.78, 5) is 0. The molecule has 0 N–H and O–H groups in total. The lowest BCUT2D eigenvalue weighted by Gasteiger charge is -2.21. The minimum atomic E-state index is 0.161. The van der Waals surface area contributed by atoms with E-state index in [2.05, 4.69) is 6.42 Å². The summed E-state index contributed by atoms with van der Waals surface area (Å²) in [6.45, 7) is 0.929. The SMILES string of the molecule is [CH]1C[C@@H]2CO[C@@H]3OC1C[C@H]23. The Balaban J connectivity index is 1.94. The van der Waals surface area contributed by atoms with Gasteiger partial charge in [0.25, 0.3) is 0 Å². The van der Waals surface area contributed by atoms with Crippen molar-refractivity contribution < 1.29 is 9.47 Å². The van der Waals surface area contributed by atoms with E-state index in [-0.39, 0.29) is 6.29 Å². The van der Waals surface area contributed by atoms with Crippen molar-refractivity contribution in [1.82, 2.24) is 0 Å². The lowest BCUT2D eigenvalue weighted by Crippen LogP contribution is -2.20. The molecule has 1 aliphatic carbocycles. The van der Waals surface area contributed by atoms with E-state index in [0.29, 0.717) is 6.10 Å². The van der Waals surface area contributed by atoms with Crippen molar-refractivity contribution in [2.75, 3.05) is 6.61 Å². The molecule has 2 aliphatic heterocycles. The van der Waals surface area contributed by atoms with Gasteiger partial charge in [-0.1, -0.05) is 0 Å². The highest BCUT2D eigenvalue weighted by atomic mass is 16.7. The minimum Gasteiger partial charge on any atom is -0.352 e. The van der Waals surface area contributed by atoms with E-state index in [0.717, 1.165) is 18.4 Å². The van der Waals surface area contributed by atoms with E-state index in [1.54, 1.807) is 0 Å². The van der Waals surface area contributed by atoms with Crippen LogP contribution in [0.25, 0.3) is 0 Å². The second-order valence-corrected chi connectivity index (χ2v) is 3.51. The molecule has 1 unspecified atom stereocenters. The standard InChI is InChI=1S/C8H11O2/c1-2-6-3-7-5(1)4-9-8(7)10-6/h2,5-8H,1,3-4H2/t5-,6?,7-,8-/m1/s1. The Morgan fingerprint density at radius 3 is 3.40 bits per heavy atom. The maximum absolute atomic E-state index is 5.60. The number of fused-ring (bicyclic) bond motifs is 1. The van der Waals surface area contributed by atoms with Crippen LogP contribution in [0.15, 0.2) is 0 Å². The number of hydrogen-bond acceptors (Lipinski definition) is 2. The second kappa shape index (κ2) is 1.74. The molecule has 2 saturated heterocycles. The first-order valence-electron chi connectivity index (χ1n) is 4.04. The van der Waals surface area contributed by atoms with Crippen LogP contribution in [0.2, 0.25) is 0 Å². The van der Waals surface area contributed by atoms with Gasteiger partial charge in [0.2, 0.25) is 0 Å². The fourth-order valence-corrected chi connectivity index (χ4v) is 2.35. The number of ether oxygens (including phenoxy) is 2. The molecule has 3 fully saturated rings. The van der Waals surface area contributed by atoms with Crippen LogP contribution in [0.4, 0.5) is 0 Å². The molecule has 2 heterocycles. The molecule has 2 bridgehead atoms. The highest BCUT2D eigenvalue weighted by Crippen LogP contribution is 2.45. The van der Waals surface area contributed by atoms with Crippen LogP contribution in [0, 0.1) is 18.3 Å². The summed E-state index contributed by atoms with van der Waals surface area (Å²) in [5.74, 6) is 1.51. The summed E-state index contributed by atoms with van der Waals surface area (Å²) in [7, 11) is 0. The van der Waals surface area contributed by atoms with Gasteiger partial charge >= 0.3 is 0 Å². The Morgan fingerprint density at radius 2 is 2.40 bits per heavy atom. The highest BCUT2D eigenvalue weighted by molar-refractivity contribution is 4.99. The molecule has 2 heteroatoms. The van der Waals surface area contributed by atoms with Crippen LogP contribution in [0.3, 0.4) is 0 Å². The van der Waals surface area contributed by atoms with Crippen LogP contribution in [-0.4, -0.2) is 19.0 Å². The van der Waals surface area contributed by atoms with Gasteiger partial charge in [0.1, 0.15) is 0 Å². The zero-order valence-electron chi connectivity index (χ0n) is 5.82. The molecule has 0 aromatic rings. The van der Waals surface area contributed by atoms with Gasteiger partial charge < -0.3 is 9.47 Å². The van der Waals surface area contributed by atoms with E-state index in [1.807, 2.05) is 0 Å². The van der Waals surface area contributed by atoms with Gasteiger partial charge in [0, 0.05) is 5.92 Å². The van der Waals surface area contributed by atoms with Gasteiger partial charge in [-0.15, -0.1) is 0 Å². The van der Waals surface area contributed by atoms with Crippen molar-refractivity contribution in [1.29, 1.82) is 0 Å². The molecule has 0 aromatic heterocycles. The predicted molar refractivity (Wildman–Crippen MR) is 35.1 cm³/mol. The first-order chi connectivity index (χ1) is 4.93. The molecular weight excluding hydrogens is 128 g/mol. The summed E-state index contributed by atoms with van der Waals surface area (Å²) in [5.41, 5.74) is 0. The van der Waals surface area contributed by atoms with E-state index in [1.165, 1.54) is 12.8 Å². The second-order valence-electron chi connectivity index (χ2n) is 3.51. The average Bonchev–Trinajstić information content (AvgIpc) is 2.38. The molecular formula is C8H11O2. The molecule has 0 aromatic carbocycles. The van der Waals surface area contributed by atoms with E-state index in [9.17, 15) is 0 Å². The highest BCUT2D eigenvalue weighted by Gasteiger charge is 2.48. The van der Waals surface area contributed by atoms with Crippen molar-refractivity contribution in [2.24, 2.45) is 11.8 Å². The fraction of sp³-hybridized carbons (Fsp3) is 0.875. The molecule has 4 atom stereocenters. The summed E-state index contributed by atoms with van der Waals surface area (Å²) in [6.07, 6.45) is 5.32. The van der Waals surface area contributed by atoms with Gasteiger partial charge in [-0.25, -0.2) is 0 Å². The summed E-state index contributed by atoms with van der Waals surface area (Å²) in [5, 5.41) is 0. The molecule has 3 aliphatic rings. The quantitative estimate of drug-likeness (QED) is 0.498. The largest absolute Gasteiger partial charge is 0.352 e. The Morgan fingerprint density at radius 1 is 1.40 bits per heavy atom. The maximum atomic E-state index is 5.60. The first kappa shape index (κ1) is 5.56. The van der Waals surface area contributed by atoms with Gasteiger partial charge in [0.15, 0.2) is 6.29 Å². The van der Waals surface area contributed by atoms with E-state index in [4.69, 9.17) is 9.47 Å². The van der Waals surface area contributed by atoms with Gasteiger partial charge in [0.05, 0.1) is 12.7 Å². The van der Waals surface area contributed by atoms with Crippen molar-refractivity contribution in [3.05, 3.63) is 6.42 Å². The van der Waals surface area contributed by atoms with Gasteiger partial charge in [-0.2, -0.15) is 0 Å². The Bertz CT molecular complexity index is 149. The third-order valence-electron chi connectivity index (χ3n) is 2.94. The zero-order valence-corrected chi connectivity index (χ0v) is 5.82. The smallest absolute Gasteiger partial charge is 0.161 e. The monoisotopic (exact) mass is 139 g/mol. The lowest BCUT2D eigenvalue weighted by atomic mass is 9.82. The lowest BCUT2D eigenvalue weighted by molar-refractivity contribution is -0.111. The third-order valence-corrected chi connectivity index (χ3v) is 2.94. The van der Waals surface area contributed by atoms with Crippen LogP contribution in [0.1, 0.15) is 12.8 Å². The van der Waals surface area contributed by atoms with Crippen molar-refractivity contribution in [3.63, 3.8) is 0 Å². The van der Waals surface area contributed by atoms with Crippen molar-refractivity contribution in [3.8, 4) is 0 Å². The summed E-state index contributed by atoms with van der Waals surface area (Å²) < 4.78 is 11.1. The van der Waals surface area contributed by atoms with Crippen LogP contribution < -0.4 is 0 Å². The Labute approximate surface area is 60.5 Å². The maximum Gasteiger partial charge on any atom is 0.161 e. The normalized spacial score (nSPS) is 57.6. The topological polar surface area (TPSA) is 18.5 Å². The molecule has 10 heavy (non-hydrogen) atoms. The fourth-order valence-electron chi connectivity index (χ4n) is 2.35. The minimum absolute atomic E-state index is 0.161. The molecule has 55 valence electrons. The Hall–Kier alpha value is -0.0800. The number of hydrogen-bond donors (Lipinski definition) is 0. The molecule has 3 rings (SSSR count). The summed E-state index contributed by atoms with van der Waals surface area (Å²) in [6, 6.07) is 0. The van der Waals surface area contributed by atoms with Crippen molar-refractivity contribution in [2.45, 2.75) is 25.2 Å². The first-order valence-corrected chi connectivity index (χ1v) is 4.04. The third kappa shape index (κ3) is 0.565. The van der Waals surface area contributed by atoms with Crippen molar-refractivity contribution >= 4 is 0 Å². The van der Waals surface area contributed by atoms with Crippen LogP contribution in [0.5, 0.6) is 0 Å². The van der Waals surface area contributed by atoms with Gasteiger partial charge in [-0.05, 0) is 25.2 Å². The number of rotatable bonds is 0. The molecule has 0 amide bonds. The molecule has 1 saturated carbocycles. The molecule has 0 spiro atoms. The zero-order chi connectivity index (χ0) is 6.55. The van der Waals surface area contributed by atoms with E-state index >= 15 is 0 Å². The van der Waals surface area contributed by atoms with Crippen LogP contribution in [-0.2, 0) is 9.47 Å².